The van der Waals surface area contributed by atoms with Gasteiger partial charge in [-0.3, -0.25) is 0 Å². The van der Waals surface area contributed by atoms with E-state index in [9.17, 15) is 9.18 Å². The summed E-state index contributed by atoms with van der Waals surface area (Å²) >= 11 is 1.41. The molecule has 1 N–H and O–H groups in total. The summed E-state index contributed by atoms with van der Waals surface area (Å²) in [5, 5.41) is 3.95. The maximum atomic E-state index is 13.9. The number of halogens is 1. The van der Waals surface area contributed by atoms with Gasteiger partial charge in [0, 0.05) is 56.1 Å². The smallest absolute Gasteiger partial charge is 0.318 e. The Hall–Kier alpha value is -2.42. The molecular formula is C18H22FN5O2S. The fraction of sp³-hybridized carbons (Fsp3) is 0.500. The molecule has 3 heterocycles. The van der Waals surface area contributed by atoms with E-state index in [4.69, 9.17) is 4.74 Å². The lowest BCUT2D eigenvalue weighted by Crippen LogP contribution is -2.52. The number of hydrogen-bond donors (Lipinski definition) is 1. The Morgan fingerprint density at radius 2 is 2.19 bits per heavy atom. The molecule has 144 valence electrons. The maximum absolute atomic E-state index is 13.9. The zero-order chi connectivity index (χ0) is 18.8. The molecule has 0 radical (unpaired) electrons. The molecule has 0 spiro atoms. The minimum atomic E-state index is -0.386. The van der Waals surface area contributed by atoms with E-state index in [0.29, 0.717) is 31.7 Å². The molecule has 1 aromatic heterocycles. The van der Waals surface area contributed by atoms with Gasteiger partial charge < -0.3 is 19.9 Å². The normalized spacial score (nSPS) is 19.4. The molecule has 9 heteroatoms. The number of nitrogens with zero attached hydrogens (tertiary/aromatic N) is 4. The van der Waals surface area contributed by atoms with Crippen molar-refractivity contribution in [3.05, 3.63) is 35.4 Å². The van der Waals surface area contributed by atoms with Crippen LogP contribution in [-0.4, -0.2) is 53.1 Å². The van der Waals surface area contributed by atoms with Gasteiger partial charge in [-0.05, 0) is 6.07 Å². The van der Waals surface area contributed by atoms with E-state index in [2.05, 4.69) is 19.6 Å². The summed E-state index contributed by atoms with van der Waals surface area (Å²) in [7, 11) is 0. The summed E-state index contributed by atoms with van der Waals surface area (Å²) in [6, 6.07) is 4.47. The topological polar surface area (TPSA) is 70.6 Å². The Kier molecular flexibility index (Phi) is 5.11. The van der Waals surface area contributed by atoms with Crippen molar-refractivity contribution in [2.75, 3.05) is 37.7 Å². The minimum absolute atomic E-state index is 0.122. The van der Waals surface area contributed by atoms with E-state index >= 15 is 0 Å². The number of nitrogens with one attached hydrogen (secondary N) is 1. The Morgan fingerprint density at radius 1 is 1.37 bits per heavy atom. The van der Waals surface area contributed by atoms with Crippen LogP contribution in [0.2, 0.25) is 0 Å². The third-order valence-electron chi connectivity index (χ3n) is 4.93. The van der Waals surface area contributed by atoms with Gasteiger partial charge in [0.2, 0.25) is 5.13 Å². The van der Waals surface area contributed by atoms with Crippen LogP contribution in [0.1, 0.15) is 30.8 Å². The standard InChI is InChI=1S/C18H22FN5O2S/c1-2-15-21-18(27-22-15)24-9-7-23(8-10-24)17(25)20-14-6-11-26-16-12(14)4-3-5-13(16)19/h3-5,14H,2,6-11H2,1H3,(H,20,25)/t14-/m0/s1. The third-order valence-corrected chi connectivity index (χ3v) is 5.75. The van der Waals surface area contributed by atoms with Gasteiger partial charge in [0.1, 0.15) is 5.82 Å². The second kappa shape index (κ2) is 7.67. The molecule has 1 aromatic carbocycles. The van der Waals surface area contributed by atoms with Crippen molar-refractivity contribution >= 4 is 22.7 Å². The van der Waals surface area contributed by atoms with Crippen molar-refractivity contribution in [2.24, 2.45) is 0 Å². The van der Waals surface area contributed by atoms with Gasteiger partial charge >= 0.3 is 6.03 Å². The summed E-state index contributed by atoms with van der Waals surface area (Å²) in [5.74, 6) is 0.728. The van der Waals surface area contributed by atoms with Gasteiger partial charge in [0.15, 0.2) is 11.6 Å². The van der Waals surface area contributed by atoms with Crippen LogP contribution < -0.4 is 15.0 Å². The Balaban J connectivity index is 1.36. The summed E-state index contributed by atoms with van der Waals surface area (Å²) < 4.78 is 23.7. The zero-order valence-corrected chi connectivity index (χ0v) is 16.0. The number of ether oxygens (including phenoxy) is 1. The molecule has 0 unspecified atom stereocenters. The number of anilines is 1. The van der Waals surface area contributed by atoms with E-state index < -0.39 is 0 Å². The monoisotopic (exact) mass is 391 g/mol. The molecule has 0 bridgehead atoms. The highest BCUT2D eigenvalue weighted by atomic mass is 32.1. The predicted molar refractivity (Wildman–Crippen MR) is 101 cm³/mol. The Labute approximate surface area is 161 Å². The highest BCUT2D eigenvalue weighted by Crippen LogP contribution is 2.34. The second-order valence-corrected chi connectivity index (χ2v) is 7.35. The maximum Gasteiger partial charge on any atom is 0.318 e. The van der Waals surface area contributed by atoms with Crippen LogP contribution in [0.4, 0.5) is 14.3 Å². The number of urea groups is 1. The number of aryl methyl sites for hydroxylation is 1. The van der Waals surface area contributed by atoms with Crippen molar-refractivity contribution in [1.29, 1.82) is 0 Å². The molecule has 4 rings (SSSR count). The predicted octanol–water partition coefficient (Wildman–Crippen LogP) is 2.60. The van der Waals surface area contributed by atoms with E-state index in [-0.39, 0.29) is 23.6 Å². The molecule has 1 fully saturated rings. The van der Waals surface area contributed by atoms with Crippen molar-refractivity contribution < 1.29 is 13.9 Å². The molecule has 7 nitrogen and oxygen atoms in total. The first kappa shape index (κ1) is 18.0. The number of fused-ring (bicyclic) bond motifs is 1. The van der Waals surface area contributed by atoms with Gasteiger partial charge in [-0.15, -0.1) is 0 Å². The second-order valence-electron chi connectivity index (χ2n) is 6.62. The summed E-state index contributed by atoms with van der Waals surface area (Å²) in [4.78, 5) is 21.2. The Bertz CT molecular complexity index is 822. The van der Waals surface area contributed by atoms with Crippen LogP contribution in [-0.2, 0) is 6.42 Å². The molecule has 27 heavy (non-hydrogen) atoms. The average Bonchev–Trinajstić information content (AvgIpc) is 3.18. The number of benzene rings is 1. The van der Waals surface area contributed by atoms with Crippen LogP contribution >= 0.6 is 11.5 Å². The van der Waals surface area contributed by atoms with Crippen LogP contribution in [0.3, 0.4) is 0 Å². The third kappa shape index (κ3) is 3.69. The van der Waals surface area contributed by atoms with Gasteiger partial charge in [-0.1, -0.05) is 19.1 Å². The lowest BCUT2D eigenvalue weighted by molar-refractivity contribution is 0.182. The summed E-state index contributed by atoms with van der Waals surface area (Å²) in [6.45, 7) is 5.12. The van der Waals surface area contributed by atoms with E-state index in [0.717, 1.165) is 30.5 Å². The lowest BCUT2D eigenvalue weighted by Gasteiger charge is -2.36. The molecule has 2 aliphatic rings. The van der Waals surface area contributed by atoms with Gasteiger partial charge in [0.05, 0.1) is 12.6 Å². The number of piperazine rings is 1. The molecule has 2 aromatic rings. The number of hydrogen-bond acceptors (Lipinski definition) is 6. The van der Waals surface area contributed by atoms with Crippen LogP contribution in [0.15, 0.2) is 18.2 Å². The molecule has 1 atom stereocenters. The molecule has 0 saturated carbocycles. The molecule has 0 aliphatic carbocycles. The lowest BCUT2D eigenvalue weighted by atomic mass is 10.0. The first-order valence-corrected chi connectivity index (χ1v) is 9.97. The van der Waals surface area contributed by atoms with Gasteiger partial charge in [0.25, 0.3) is 0 Å². The number of carbonyl (C=O) groups is 1. The van der Waals surface area contributed by atoms with E-state index in [1.165, 1.54) is 17.6 Å². The van der Waals surface area contributed by atoms with Crippen molar-refractivity contribution in [2.45, 2.75) is 25.8 Å². The van der Waals surface area contributed by atoms with Crippen molar-refractivity contribution in [3.63, 3.8) is 0 Å². The number of amides is 2. The van der Waals surface area contributed by atoms with Crippen LogP contribution in [0, 0.1) is 5.82 Å². The Morgan fingerprint density at radius 3 is 2.93 bits per heavy atom. The van der Waals surface area contributed by atoms with Gasteiger partial charge in [-0.25, -0.2) is 14.2 Å². The number of para-hydroxylation sites is 1. The fourth-order valence-electron chi connectivity index (χ4n) is 3.39. The van der Waals surface area contributed by atoms with Crippen LogP contribution in [0.25, 0.3) is 0 Å². The quantitative estimate of drug-likeness (QED) is 0.871. The highest BCUT2D eigenvalue weighted by Gasteiger charge is 2.28. The first-order valence-electron chi connectivity index (χ1n) is 9.20. The zero-order valence-electron chi connectivity index (χ0n) is 15.2. The average molecular weight is 391 g/mol. The summed E-state index contributed by atoms with van der Waals surface area (Å²) in [6.07, 6.45) is 1.46. The van der Waals surface area contributed by atoms with Crippen molar-refractivity contribution in [3.8, 4) is 5.75 Å². The van der Waals surface area contributed by atoms with E-state index in [1.54, 1.807) is 17.0 Å². The van der Waals surface area contributed by atoms with E-state index in [1.807, 2.05) is 6.92 Å². The molecule has 2 amide bonds. The first-order chi connectivity index (χ1) is 13.2. The summed E-state index contributed by atoms with van der Waals surface area (Å²) in [5.41, 5.74) is 0.703. The molecule has 2 aliphatic heterocycles. The largest absolute Gasteiger partial charge is 0.490 e. The number of carbonyl (C=O) groups excluding carboxylic acids is 1. The SMILES string of the molecule is CCc1nsc(N2CCN(C(=O)N[C@H]3CCOc4c(F)cccc43)CC2)n1. The van der Waals surface area contributed by atoms with Gasteiger partial charge in [-0.2, -0.15) is 4.37 Å². The van der Waals surface area contributed by atoms with Crippen LogP contribution in [0.5, 0.6) is 5.75 Å². The fourth-order valence-corrected chi connectivity index (χ4v) is 4.20. The highest BCUT2D eigenvalue weighted by molar-refractivity contribution is 7.09. The minimum Gasteiger partial charge on any atom is -0.490 e. The number of rotatable bonds is 3. The molecular weight excluding hydrogens is 369 g/mol. The van der Waals surface area contributed by atoms with Crippen molar-refractivity contribution in [1.82, 2.24) is 19.6 Å². The molecule has 1 saturated heterocycles. The number of aromatic nitrogens is 2.